The van der Waals surface area contributed by atoms with Gasteiger partial charge >= 0.3 is 0 Å². The predicted molar refractivity (Wildman–Crippen MR) is 133 cm³/mol. The third-order valence-corrected chi connectivity index (χ3v) is 5.97. The van der Waals surface area contributed by atoms with Gasteiger partial charge < -0.3 is 15.0 Å². The summed E-state index contributed by atoms with van der Waals surface area (Å²) in [5.41, 5.74) is 1.85. The average Bonchev–Trinajstić information content (AvgIpc) is 3.16. The second-order valence-electron chi connectivity index (χ2n) is 10.1. The van der Waals surface area contributed by atoms with Gasteiger partial charge in [-0.2, -0.15) is 5.10 Å². The topological polar surface area (TPSA) is 76.5 Å². The first-order valence-electron chi connectivity index (χ1n) is 11.2. The quantitative estimate of drug-likeness (QED) is 0.403. The molecular weight excluding hydrogens is 440 g/mol. The molecule has 182 valence electrons. The number of anilines is 1. The van der Waals surface area contributed by atoms with Gasteiger partial charge in [-0.05, 0) is 44.9 Å². The highest BCUT2D eigenvalue weighted by Gasteiger charge is 2.32. The number of methoxy groups -OCH3 is 1. The minimum atomic E-state index is -0.766. The minimum Gasteiger partial charge on any atom is -0.385 e. The van der Waals surface area contributed by atoms with Crippen LogP contribution in [-0.4, -0.2) is 59.2 Å². The van der Waals surface area contributed by atoms with E-state index in [4.69, 9.17) is 21.4 Å². The van der Waals surface area contributed by atoms with E-state index in [0.29, 0.717) is 25.4 Å². The molecule has 0 fully saturated rings. The van der Waals surface area contributed by atoms with Crippen molar-refractivity contribution in [2.24, 2.45) is 5.41 Å². The van der Waals surface area contributed by atoms with Gasteiger partial charge in [-0.3, -0.25) is 9.59 Å². The fourth-order valence-electron chi connectivity index (χ4n) is 3.29. The number of carbonyl (C=O) groups excluding carboxylic acids is 2. The SMILES string of the molecule is COCCCN(CC(=O)Nc1cc(C(C)(C)C)nn1-c1cccc(C)c1)C(=O)C(C)(C)CCl. The van der Waals surface area contributed by atoms with E-state index < -0.39 is 5.41 Å². The molecule has 33 heavy (non-hydrogen) atoms. The van der Waals surface area contributed by atoms with Gasteiger partial charge in [-0.15, -0.1) is 11.6 Å². The average molecular weight is 477 g/mol. The Balaban J connectivity index is 2.31. The summed E-state index contributed by atoms with van der Waals surface area (Å²) in [5.74, 6) is 0.284. The van der Waals surface area contributed by atoms with Crippen molar-refractivity contribution in [1.29, 1.82) is 0 Å². The highest BCUT2D eigenvalue weighted by atomic mass is 35.5. The molecule has 1 aromatic heterocycles. The van der Waals surface area contributed by atoms with E-state index in [0.717, 1.165) is 16.9 Å². The lowest BCUT2D eigenvalue weighted by atomic mass is 9.92. The summed E-state index contributed by atoms with van der Waals surface area (Å²) in [7, 11) is 1.61. The standard InChI is InChI=1S/C25H37ClN4O3/c1-18-10-8-11-19(14-18)30-21(15-20(28-30)24(2,3)4)27-22(31)16-29(12-9-13-33-7)23(32)25(5,6)17-26/h8,10-11,14-15H,9,12-13,16-17H2,1-7H3,(H,27,31). The zero-order valence-electron chi connectivity index (χ0n) is 20.9. The van der Waals surface area contributed by atoms with Gasteiger partial charge in [0.05, 0.1) is 23.3 Å². The number of aryl methyl sites for hydroxylation is 1. The second-order valence-corrected chi connectivity index (χ2v) is 10.3. The molecule has 0 radical (unpaired) electrons. The lowest BCUT2D eigenvalue weighted by Gasteiger charge is -2.30. The third-order valence-electron chi connectivity index (χ3n) is 5.30. The number of rotatable bonds is 10. The molecule has 0 saturated carbocycles. The van der Waals surface area contributed by atoms with Crippen molar-refractivity contribution in [3.05, 3.63) is 41.6 Å². The lowest BCUT2D eigenvalue weighted by Crippen LogP contribution is -2.46. The highest BCUT2D eigenvalue weighted by Crippen LogP contribution is 2.27. The number of carbonyl (C=O) groups is 2. The van der Waals surface area contributed by atoms with Gasteiger partial charge in [0.2, 0.25) is 11.8 Å². The Morgan fingerprint density at radius 3 is 2.45 bits per heavy atom. The third kappa shape index (κ3) is 7.30. The summed E-state index contributed by atoms with van der Waals surface area (Å²) in [4.78, 5) is 27.7. The van der Waals surface area contributed by atoms with E-state index >= 15 is 0 Å². The summed E-state index contributed by atoms with van der Waals surface area (Å²) < 4.78 is 6.86. The molecule has 0 atom stereocenters. The van der Waals surface area contributed by atoms with E-state index in [1.54, 1.807) is 30.5 Å². The molecule has 0 bridgehead atoms. The largest absolute Gasteiger partial charge is 0.385 e. The molecule has 0 aliphatic rings. The van der Waals surface area contributed by atoms with Crippen LogP contribution in [0.25, 0.3) is 5.69 Å². The number of ether oxygens (including phenoxy) is 1. The molecule has 0 spiro atoms. The number of hydrogen-bond acceptors (Lipinski definition) is 4. The Morgan fingerprint density at radius 2 is 1.88 bits per heavy atom. The van der Waals surface area contributed by atoms with Gasteiger partial charge in [0.1, 0.15) is 5.82 Å². The number of hydrogen-bond donors (Lipinski definition) is 1. The molecule has 2 amide bonds. The maximum absolute atomic E-state index is 13.1. The first-order chi connectivity index (χ1) is 15.4. The second kappa shape index (κ2) is 11.2. The zero-order chi connectivity index (χ0) is 24.8. The Bertz CT molecular complexity index is 963. The Morgan fingerprint density at radius 1 is 1.18 bits per heavy atom. The Labute approximate surface area is 202 Å². The monoisotopic (exact) mass is 476 g/mol. The van der Waals surface area contributed by atoms with Crippen LogP contribution >= 0.6 is 11.6 Å². The summed E-state index contributed by atoms with van der Waals surface area (Å²) in [6.07, 6.45) is 0.628. The van der Waals surface area contributed by atoms with Crippen molar-refractivity contribution in [2.45, 2.75) is 53.4 Å². The van der Waals surface area contributed by atoms with Crippen LogP contribution in [0.5, 0.6) is 0 Å². The van der Waals surface area contributed by atoms with Crippen LogP contribution in [0.15, 0.2) is 30.3 Å². The molecule has 2 rings (SSSR count). The fourth-order valence-corrected chi connectivity index (χ4v) is 3.40. The number of alkyl halides is 1. The van der Waals surface area contributed by atoms with Crippen molar-refractivity contribution in [3.63, 3.8) is 0 Å². The molecule has 1 heterocycles. The molecule has 8 heteroatoms. The van der Waals surface area contributed by atoms with E-state index in [1.165, 1.54) is 0 Å². The maximum Gasteiger partial charge on any atom is 0.245 e. The fraction of sp³-hybridized carbons (Fsp3) is 0.560. The smallest absolute Gasteiger partial charge is 0.245 e. The maximum atomic E-state index is 13.1. The molecule has 0 unspecified atom stereocenters. The van der Waals surface area contributed by atoms with E-state index in [9.17, 15) is 9.59 Å². The summed E-state index contributed by atoms with van der Waals surface area (Å²) in [5, 5.41) is 7.73. The van der Waals surface area contributed by atoms with Crippen molar-refractivity contribution < 1.29 is 14.3 Å². The highest BCUT2D eigenvalue weighted by molar-refractivity contribution is 6.19. The van der Waals surface area contributed by atoms with Gasteiger partial charge in [0.25, 0.3) is 0 Å². The normalized spacial score (nSPS) is 12.0. The first kappa shape index (κ1) is 26.9. The van der Waals surface area contributed by atoms with Crippen molar-refractivity contribution >= 4 is 29.2 Å². The minimum absolute atomic E-state index is 0.0767. The van der Waals surface area contributed by atoms with Gasteiger partial charge in [0.15, 0.2) is 0 Å². The zero-order valence-corrected chi connectivity index (χ0v) is 21.6. The molecule has 1 aromatic carbocycles. The lowest BCUT2D eigenvalue weighted by molar-refractivity contribution is -0.141. The molecule has 0 saturated heterocycles. The Hall–Kier alpha value is -2.38. The van der Waals surface area contributed by atoms with Crippen molar-refractivity contribution in [2.75, 3.05) is 38.0 Å². The van der Waals surface area contributed by atoms with Gasteiger partial charge in [0, 0.05) is 37.6 Å². The van der Waals surface area contributed by atoms with Crippen LogP contribution < -0.4 is 5.32 Å². The molecule has 1 N–H and O–H groups in total. The van der Waals surface area contributed by atoms with E-state index in [-0.39, 0.29) is 29.7 Å². The number of halogens is 1. The van der Waals surface area contributed by atoms with Crippen LogP contribution in [0.4, 0.5) is 5.82 Å². The van der Waals surface area contributed by atoms with Crippen LogP contribution in [0, 0.1) is 12.3 Å². The molecular formula is C25H37ClN4O3. The van der Waals surface area contributed by atoms with E-state index in [2.05, 4.69) is 26.1 Å². The van der Waals surface area contributed by atoms with Crippen molar-refractivity contribution in [1.82, 2.24) is 14.7 Å². The summed E-state index contributed by atoms with van der Waals surface area (Å²) in [6.45, 7) is 12.6. The molecule has 0 aliphatic carbocycles. The number of nitrogens with one attached hydrogen (secondary N) is 1. The van der Waals surface area contributed by atoms with Crippen LogP contribution in [0.3, 0.4) is 0 Å². The summed E-state index contributed by atoms with van der Waals surface area (Å²) in [6, 6.07) is 9.82. The number of nitrogens with zero attached hydrogens (tertiary/aromatic N) is 3. The van der Waals surface area contributed by atoms with E-state index in [1.807, 2.05) is 37.3 Å². The Kier molecular flexibility index (Phi) is 9.09. The number of amides is 2. The van der Waals surface area contributed by atoms with Crippen LogP contribution in [0.1, 0.15) is 52.3 Å². The van der Waals surface area contributed by atoms with Gasteiger partial charge in [-0.1, -0.05) is 32.9 Å². The number of aromatic nitrogens is 2. The molecule has 2 aromatic rings. The van der Waals surface area contributed by atoms with Gasteiger partial charge in [-0.25, -0.2) is 4.68 Å². The van der Waals surface area contributed by atoms with Crippen LogP contribution in [0.2, 0.25) is 0 Å². The number of benzene rings is 1. The first-order valence-corrected chi connectivity index (χ1v) is 11.7. The van der Waals surface area contributed by atoms with Crippen molar-refractivity contribution in [3.8, 4) is 5.69 Å². The molecule has 7 nitrogen and oxygen atoms in total. The predicted octanol–water partition coefficient (Wildman–Crippen LogP) is 4.55. The molecule has 0 aliphatic heterocycles. The summed E-state index contributed by atoms with van der Waals surface area (Å²) >= 11 is 6.02. The van der Waals surface area contributed by atoms with Crippen LogP contribution in [-0.2, 0) is 19.7 Å².